The van der Waals surface area contributed by atoms with Crippen LogP contribution < -0.4 is 24.8 Å². The van der Waals surface area contributed by atoms with Gasteiger partial charge in [-0.2, -0.15) is 13.2 Å². The molecule has 0 radical (unpaired) electrons. The van der Waals surface area contributed by atoms with Crippen LogP contribution in [0.15, 0.2) is 36.4 Å². The Balaban J connectivity index is 2.00. The lowest BCUT2D eigenvalue weighted by Crippen LogP contribution is -2.30. The maximum absolute atomic E-state index is 12.9. The molecule has 0 saturated heterocycles. The Hall–Kier alpha value is -3.10. The van der Waals surface area contributed by atoms with Crippen molar-refractivity contribution in [1.82, 2.24) is 5.32 Å². The highest BCUT2D eigenvalue weighted by Crippen LogP contribution is 2.35. The zero-order chi connectivity index (χ0) is 21.4. The molecule has 0 fully saturated rings. The highest BCUT2D eigenvalue weighted by molar-refractivity contribution is 5.91. The normalized spacial score (nSPS) is 11.0. The van der Waals surface area contributed by atoms with Crippen LogP contribution in [0.25, 0.3) is 0 Å². The van der Waals surface area contributed by atoms with Crippen molar-refractivity contribution in [2.24, 2.45) is 0 Å². The minimum Gasteiger partial charge on any atom is -0.493 e. The van der Waals surface area contributed by atoms with Gasteiger partial charge in [-0.05, 0) is 49.2 Å². The number of carbonyl (C=O) groups excluding carboxylic acids is 1. The molecule has 158 valence electrons. The van der Waals surface area contributed by atoms with Gasteiger partial charge in [-0.15, -0.1) is 0 Å². The van der Waals surface area contributed by atoms with E-state index in [9.17, 15) is 18.0 Å². The van der Waals surface area contributed by atoms with Crippen molar-refractivity contribution in [3.05, 3.63) is 47.5 Å². The first-order valence-corrected chi connectivity index (χ1v) is 8.88. The van der Waals surface area contributed by atoms with Gasteiger partial charge in [-0.25, -0.2) is 4.79 Å². The number of hydrogen-bond acceptors (Lipinski definition) is 4. The fourth-order valence-corrected chi connectivity index (χ4v) is 2.61. The third-order valence-electron chi connectivity index (χ3n) is 4.00. The Morgan fingerprint density at radius 3 is 2.31 bits per heavy atom. The smallest absolute Gasteiger partial charge is 0.416 e. The predicted molar refractivity (Wildman–Crippen MR) is 103 cm³/mol. The average molecular weight is 412 g/mol. The van der Waals surface area contributed by atoms with E-state index < -0.39 is 17.8 Å². The number of methoxy groups -OCH3 is 2. The van der Waals surface area contributed by atoms with Crippen LogP contribution in [0.2, 0.25) is 0 Å². The lowest BCUT2D eigenvalue weighted by Gasteiger charge is -2.15. The van der Waals surface area contributed by atoms with E-state index in [4.69, 9.17) is 14.2 Å². The molecule has 2 aromatic carbocycles. The zero-order valence-corrected chi connectivity index (χ0v) is 16.4. The molecule has 0 atom stereocenters. The quantitative estimate of drug-likeness (QED) is 0.671. The van der Waals surface area contributed by atoms with Crippen molar-refractivity contribution in [2.45, 2.75) is 19.5 Å². The Bertz CT molecular complexity index is 841. The second-order valence-corrected chi connectivity index (χ2v) is 5.96. The molecule has 0 heterocycles. The van der Waals surface area contributed by atoms with Crippen LogP contribution in [0.3, 0.4) is 0 Å². The van der Waals surface area contributed by atoms with E-state index >= 15 is 0 Å². The van der Waals surface area contributed by atoms with Crippen LogP contribution in [0.1, 0.15) is 18.1 Å². The first kappa shape index (κ1) is 22.2. The van der Waals surface area contributed by atoms with E-state index in [0.29, 0.717) is 17.9 Å². The molecular weight excluding hydrogens is 389 g/mol. The number of rotatable bonds is 8. The van der Waals surface area contributed by atoms with Crippen molar-refractivity contribution < 1.29 is 32.2 Å². The summed E-state index contributed by atoms with van der Waals surface area (Å²) >= 11 is 0. The van der Waals surface area contributed by atoms with E-state index in [2.05, 4.69) is 10.6 Å². The van der Waals surface area contributed by atoms with Gasteiger partial charge in [-0.3, -0.25) is 0 Å². The van der Waals surface area contributed by atoms with Gasteiger partial charge in [0.15, 0.2) is 11.5 Å². The molecule has 2 N–H and O–H groups in total. The van der Waals surface area contributed by atoms with Gasteiger partial charge in [0.25, 0.3) is 0 Å². The second kappa shape index (κ2) is 9.90. The SMILES string of the molecule is CCOc1ccc(C(F)(F)F)cc1NC(=O)NCCc1ccc(OC)c(OC)c1. The number of ether oxygens (including phenoxy) is 3. The number of nitrogens with one attached hydrogen (secondary N) is 2. The molecule has 29 heavy (non-hydrogen) atoms. The van der Waals surface area contributed by atoms with Crippen molar-refractivity contribution in [1.29, 1.82) is 0 Å². The van der Waals surface area contributed by atoms with Crippen molar-refractivity contribution in [2.75, 3.05) is 32.7 Å². The molecule has 0 spiro atoms. The standard InChI is InChI=1S/C20H23F3N2O4/c1-4-29-16-8-6-14(20(21,22)23)12-15(16)25-19(26)24-10-9-13-5-7-17(27-2)18(11-13)28-3/h5-8,11-12H,4,9-10H2,1-3H3,(H2,24,25,26). The molecule has 0 unspecified atom stereocenters. The lowest BCUT2D eigenvalue weighted by atomic mass is 10.1. The Morgan fingerprint density at radius 1 is 1.00 bits per heavy atom. The maximum atomic E-state index is 12.9. The molecule has 0 aliphatic rings. The number of carbonyl (C=O) groups is 1. The average Bonchev–Trinajstić information content (AvgIpc) is 2.68. The van der Waals surface area contributed by atoms with E-state index in [1.165, 1.54) is 20.3 Å². The molecule has 2 amide bonds. The minimum absolute atomic E-state index is 0.0507. The Kier molecular flexibility index (Phi) is 7.58. The van der Waals surface area contributed by atoms with E-state index in [1.54, 1.807) is 19.1 Å². The van der Waals surface area contributed by atoms with Crippen molar-refractivity contribution >= 4 is 11.7 Å². The van der Waals surface area contributed by atoms with Gasteiger partial charge < -0.3 is 24.8 Å². The van der Waals surface area contributed by atoms with E-state index in [-0.39, 0.29) is 24.6 Å². The summed E-state index contributed by atoms with van der Waals surface area (Å²) in [6.07, 6.45) is -4.03. The molecule has 2 aromatic rings. The summed E-state index contributed by atoms with van der Waals surface area (Å²) in [4.78, 5) is 12.1. The number of benzene rings is 2. The number of hydrogen-bond donors (Lipinski definition) is 2. The summed E-state index contributed by atoms with van der Waals surface area (Å²) in [6.45, 7) is 2.22. The van der Waals surface area contributed by atoms with E-state index in [0.717, 1.165) is 17.7 Å². The van der Waals surface area contributed by atoms with Crippen molar-refractivity contribution in [3.63, 3.8) is 0 Å². The molecule has 0 aliphatic heterocycles. The second-order valence-electron chi connectivity index (χ2n) is 5.96. The van der Waals surface area contributed by atoms with Crippen LogP contribution in [0, 0.1) is 0 Å². The Morgan fingerprint density at radius 2 is 1.69 bits per heavy atom. The van der Waals surface area contributed by atoms with Gasteiger partial charge >= 0.3 is 12.2 Å². The van der Waals surface area contributed by atoms with Crippen LogP contribution in [-0.4, -0.2) is 33.4 Å². The number of amides is 2. The number of urea groups is 1. The first-order chi connectivity index (χ1) is 13.8. The third kappa shape index (κ3) is 6.20. The van der Waals surface area contributed by atoms with Crippen molar-refractivity contribution in [3.8, 4) is 17.2 Å². The van der Waals surface area contributed by atoms with E-state index in [1.807, 2.05) is 6.07 Å². The summed E-state index contributed by atoms with van der Waals surface area (Å²) in [7, 11) is 3.06. The lowest BCUT2D eigenvalue weighted by molar-refractivity contribution is -0.137. The number of halogens is 3. The molecule has 9 heteroatoms. The predicted octanol–water partition coefficient (Wildman–Crippen LogP) is 4.49. The van der Waals surface area contributed by atoms with Gasteiger partial charge in [-0.1, -0.05) is 6.07 Å². The zero-order valence-electron chi connectivity index (χ0n) is 16.4. The maximum Gasteiger partial charge on any atom is 0.416 e. The van der Waals surface area contributed by atoms with Gasteiger partial charge in [0, 0.05) is 6.54 Å². The fourth-order valence-electron chi connectivity index (χ4n) is 2.61. The van der Waals surface area contributed by atoms with Crippen LogP contribution in [-0.2, 0) is 12.6 Å². The molecule has 0 bridgehead atoms. The fraction of sp³-hybridized carbons (Fsp3) is 0.350. The highest BCUT2D eigenvalue weighted by atomic mass is 19.4. The van der Waals surface area contributed by atoms with Gasteiger partial charge in [0.1, 0.15) is 5.75 Å². The molecule has 0 aliphatic carbocycles. The molecule has 0 aromatic heterocycles. The van der Waals surface area contributed by atoms with Crippen LogP contribution >= 0.6 is 0 Å². The highest BCUT2D eigenvalue weighted by Gasteiger charge is 2.31. The number of alkyl halides is 3. The molecule has 6 nitrogen and oxygen atoms in total. The summed E-state index contributed by atoms with van der Waals surface area (Å²) in [5.41, 5.74) is -0.0242. The summed E-state index contributed by atoms with van der Waals surface area (Å²) in [5.74, 6) is 1.32. The number of anilines is 1. The van der Waals surface area contributed by atoms with Gasteiger partial charge in [0.05, 0.1) is 32.1 Å². The van der Waals surface area contributed by atoms with Crippen LogP contribution in [0.5, 0.6) is 17.2 Å². The molecule has 2 rings (SSSR count). The summed E-state index contributed by atoms with van der Waals surface area (Å²) in [5, 5.41) is 5.03. The minimum atomic E-state index is -4.52. The molecule has 0 saturated carbocycles. The topological polar surface area (TPSA) is 68.8 Å². The van der Waals surface area contributed by atoms with Gasteiger partial charge in [0.2, 0.25) is 0 Å². The van der Waals surface area contributed by atoms with Crippen LogP contribution in [0.4, 0.5) is 23.7 Å². The first-order valence-electron chi connectivity index (χ1n) is 8.88. The monoisotopic (exact) mass is 412 g/mol. The Labute approximate surface area is 167 Å². The largest absolute Gasteiger partial charge is 0.493 e. The third-order valence-corrected chi connectivity index (χ3v) is 4.00. The molecular formula is C20H23F3N2O4. The summed E-state index contributed by atoms with van der Waals surface area (Å²) in [6, 6.07) is 7.69. The summed E-state index contributed by atoms with van der Waals surface area (Å²) < 4.78 is 54.5.